The minimum absolute atomic E-state index is 0.0302. The van der Waals surface area contributed by atoms with Crippen molar-refractivity contribution < 1.29 is 19.1 Å². The van der Waals surface area contributed by atoms with E-state index in [-0.39, 0.29) is 23.2 Å². The lowest BCUT2D eigenvalue weighted by Gasteiger charge is -2.08. The van der Waals surface area contributed by atoms with Gasteiger partial charge in [-0.2, -0.15) is 9.78 Å². The van der Waals surface area contributed by atoms with Crippen molar-refractivity contribution in [3.63, 3.8) is 0 Å². The molecule has 13 heteroatoms. The predicted molar refractivity (Wildman–Crippen MR) is 106 cm³/mol. The molecular weight excluding hydrogens is 392 g/mol. The molecule has 1 aromatic carbocycles. The van der Waals surface area contributed by atoms with E-state index >= 15 is 0 Å². The molecule has 0 aliphatic rings. The highest BCUT2D eigenvalue weighted by atomic mass is 16.6. The van der Waals surface area contributed by atoms with Gasteiger partial charge >= 0.3 is 0 Å². The van der Waals surface area contributed by atoms with Crippen molar-refractivity contribution in [2.75, 3.05) is 25.1 Å². The third-order valence-corrected chi connectivity index (χ3v) is 3.81. The summed E-state index contributed by atoms with van der Waals surface area (Å²) in [5.74, 6) is -0.517. The van der Waals surface area contributed by atoms with Gasteiger partial charge in [0, 0.05) is 12.6 Å². The van der Waals surface area contributed by atoms with Crippen LogP contribution in [-0.4, -0.2) is 57.4 Å². The van der Waals surface area contributed by atoms with Crippen molar-refractivity contribution in [1.29, 1.82) is 0 Å². The third-order valence-electron chi connectivity index (χ3n) is 3.81. The highest BCUT2D eigenvalue weighted by molar-refractivity contribution is 5.94. The van der Waals surface area contributed by atoms with E-state index in [0.717, 1.165) is 10.5 Å². The van der Waals surface area contributed by atoms with E-state index in [1.165, 1.54) is 17.8 Å². The smallest absolute Gasteiger partial charge is 0.294 e. The van der Waals surface area contributed by atoms with Crippen LogP contribution in [0.3, 0.4) is 0 Å². The quantitative estimate of drug-likeness (QED) is 0.270. The van der Waals surface area contributed by atoms with Crippen molar-refractivity contribution >= 4 is 29.5 Å². The second kappa shape index (κ2) is 8.91. The number of quaternary nitrogens is 1. The van der Waals surface area contributed by atoms with Gasteiger partial charge in [-0.25, -0.2) is 10.1 Å². The number of anilines is 2. The molecule has 0 bridgehead atoms. The third kappa shape index (κ3) is 4.82. The Morgan fingerprint density at radius 2 is 2.00 bits per heavy atom. The minimum Gasteiger partial charge on any atom is -0.378 e. The van der Waals surface area contributed by atoms with E-state index < -0.39 is 5.91 Å². The zero-order chi connectivity index (χ0) is 21.7. The number of nitrogens with one attached hydrogen (secondary N) is 3. The average Bonchev–Trinajstić information content (AvgIpc) is 3.28. The SMILES string of the molecule is CC(=O)Nc1ccc(/C=N\NC(=O)c2nnn(-c3nonc3N)c2C[NH+](C)C)cc1. The molecule has 3 rings (SSSR count). The number of carbonyl (C=O) groups is 2. The molecule has 0 spiro atoms. The number of benzene rings is 1. The van der Waals surface area contributed by atoms with Gasteiger partial charge in [0.1, 0.15) is 12.2 Å². The molecule has 5 N–H and O–H groups in total. The van der Waals surface area contributed by atoms with Crippen LogP contribution in [0.25, 0.3) is 5.82 Å². The Bertz CT molecular complexity index is 1070. The van der Waals surface area contributed by atoms with Crippen molar-refractivity contribution in [3.05, 3.63) is 41.2 Å². The summed E-state index contributed by atoms with van der Waals surface area (Å²) in [6.07, 6.45) is 1.47. The van der Waals surface area contributed by atoms with Crippen LogP contribution in [0, 0.1) is 0 Å². The first-order valence-corrected chi connectivity index (χ1v) is 8.88. The molecule has 0 saturated carbocycles. The summed E-state index contributed by atoms with van der Waals surface area (Å²) < 4.78 is 5.92. The number of hydrazone groups is 1. The molecule has 30 heavy (non-hydrogen) atoms. The largest absolute Gasteiger partial charge is 0.378 e. The van der Waals surface area contributed by atoms with Crippen LogP contribution in [0.15, 0.2) is 34.0 Å². The number of nitrogens with two attached hydrogens (primary N) is 1. The normalized spacial score (nSPS) is 11.2. The lowest BCUT2D eigenvalue weighted by molar-refractivity contribution is -0.873. The number of hydrogen-bond acceptors (Lipinski definition) is 9. The highest BCUT2D eigenvalue weighted by Gasteiger charge is 2.25. The summed E-state index contributed by atoms with van der Waals surface area (Å²) >= 11 is 0. The summed E-state index contributed by atoms with van der Waals surface area (Å²) in [6.45, 7) is 1.84. The number of aromatic nitrogens is 5. The van der Waals surface area contributed by atoms with E-state index in [0.29, 0.717) is 17.9 Å². The molecule has 0 fully saturated rings. The maximum Gasteiger partial charge on any atom is 0.294 e. The van der Waals surface area contributed by atoms with Crippen LogP contribution in [-0.2, 0) is 11.3 Å². The number of amides is 2. The van der Waals surface area contributed by atoms with Crippen LogP contribution >= 0.6 is 0 Å². The summed E-state index contributed by atoms with van der Waals surface area (Å²) in [5, 5.41) is 21.7. The molecule has 3 aromatic rings. The molecule has 0 unspecified atom stereocenters. The van der Waals surface area contributed by atoms with E-state index in [1.54, 1.807) is 24.3 Å². The Morgan fingerprint density at radius 3 is 2.60 bits per heavy atom. The van der Waals surface area contributed by atoms with Crippen molar-refractivity contribution in [2.45, 2.75) is 13.5 Å². The molecule has 0 saturated heterocycles. The lowest BCUT2D eigenvalue weighted by atomic mass is 10.2. The van der Waals surface area contributed by atoms with E-state index in [4.69, 9.17) is 5.73 Å². The molecule has 0 aliphatic carbocycles. The molecule has 2 amide bonds. The van der Waals surface area contributed by atoms with Gasteiger partial charge in [0.2, 0.25) is 17.5 Å². The van der Waals surface area contributed by atoms with Crippen molar-refractivity contribution in [1.82, 2.24) is 30.7 Å². The van der Waals surface area contributed by atoms with Gasteiger partial charge in [-0.05, 0) is 28.0 Å². The Hall–Kier alpha value is -4.13. The summed E-state index contributed by atoms with van der Waals surface area (Å²) in [4.78, 5) is 24.7. The second-order valence-electron chi connectivity index (χ2n) is 6.66. The first kappa shape index (κ1) is 20.6. The van der Waals surface area contributed by atoms with E-state index in [9.17, 15) is 9.59 Å². The van der Waals surface area contributed by atoms with E-state index in [1.807, 2.05) is 14.1 Å². The number of nitrogen functional groups attached to an aromatic ring is 1. The fourth-order valence-electron chi connectivity index (χ4n) is 2.55. The second-order valence-corrected chi connectivity index (χ2v) is 6.66. The molecule has 2 aromatic heterocycles. The Balaban J connectivity index is 1.75. The first-order chi connectivity index (χ1) is 14.3. The van der Waals surface area contributed by atoms with Gasteiger partial charge in [-0.1, -0.05) is 17.3 Å². The molecule has 0 radical (unpaired) electrons. The molecule has 0 atom stereocenters. The Labute approximate surface area is 170 Å². The molecule has 2 heterocycles. The first-order valence-electron chi connectivity index (χ1n) is 8.88. The van der Waals surface area contributed by atoms with Crippen LogP contribution < -0.4 is 21.4 Å². The van der Waals surface area contributed by atoms with Gasteiger partial charge in [-0.15, -0.1) is 5.10 Å². The van der Waals surface area contributed by atoms with Crippen LogP contribution in [0.5, 0.6) is 0 Å². The number of nitrogens with zero attached hydrogens (tertiary/aromatic N) is 6. The molecule has 0 aliphatic heterocycles. The van der Waals surface area contributed by atoms with Crippen LogP contribution in [0.2, 0.25) is 0 Å². The van der Waals surface area contributed by atoms with Gasteiger partial charge < -0.3 is 16.0 Å². The van der Waals surface area contributed by atoms with Gasteiger partial charge in [0.25, 0.3) is 5.91 Å². The van der Waals surface area contributed by atoms with E-state index in [2.05, 4.69) is 41.1 Å². The number of hydrogen-bond donors (Lipinski definition) is 4. The van der Waals surface area contributed by atoms with Crippen LogP contribution in [0.1, 0.15) is 28.7 Å². The van der Waals surface area contributed by atoms with Gasteiger partial charge in [0.15, 0.2) is 5.69 Å². The molecule has 156 valence electrons. The maximum absolute atomic E-state index is 12.6. The van der Waals surface area contributed by atoms with Crippen molar-refractivity contribution in [3.8, 4) is 5.82 Å². The maximum atomic E-state index is 12.6. The standard InChI is InChI=1S/C17H20N10O3/c1-10(28)20-12-6-4-11(5-7-12)8-19-22-17(29)14-13(9-26(2)3)27(25-21-14)16-15(18)23-30-24-16/h4-8H,9H2,1-3H3,(H2,18,23)(H,20,28)(H,22,29)/p+1/b19-8-. The van der Waals surface area contributed by atoms with Crippen LogP contribution in [0.4, 0.5) is 11.5 Å². The van der Waals surface area contributed by atoms with Gasteiger partial charge in [0.05, 0.1) is 20.3 Å². The monoisotopic (exact) mass is 413 g/mol. The zero-order valence-electron chi connectivity index (χ0n) is 16.6. The fourth-order valence-corrected chi connectivity index (χ4v) is 2.55. The Kier molecular flexibility index (Phi) is 6.12. The summed E-state index contributed by atoms with van der Waals surface area (Å²) in [6, 6.07) is 6.95. The topological polar surface area (TPSA) is 171 Å². The summed E-state index contributed by atoms with van der Waals surface area (Å²) in [5.41, 5.74) is 10.1. The molecule has 13 nitrogen and oxygen atoms in total. The van der Waals surface area contributed by atoms with Crippen molar-refractivity contribution in [2.24, 2.45) is 5.10 Å². The zero-order valence-corrected chi connectivity index (χ0v) is 16.6. The summed E-state index contributed by atoms with van der Waals surface area (Å²) in [7, 11) is 3.82. The number of carbonyl (C=O) groups excluding carboxylic acids is 2. The predicted octanol–water partition coefficient (Wildman–Crippen LogP) is -1.40. The van der Waals surface area contributed by atoms with Gasteiger partial charge in [-0.3, -0.25) is 9.59 Å². The number of rotatable bonds is 7. The average molecular weight is 413 g/mol. The Morgan fingerprint density at radius 1 is 1.27 bits per heavy atom. The fraction of sp³-hybridized carbons (Fsp3) is 0.235. The highest BCUT2D eigenvalue weighted by Crippen LogP contribution is 2.15. The minimum atomic E-state index is -0.543. The lowest BCUT2D eigenvalue weighted by Crippen LogP contribution is -3.04. The molecular formula is C17H21N10O3+.